The van der Waals surface area contributed by atoms with E-state index in [2.05, 4.69) is 46.4 Å². The van der Waals surface area contributed by atoms with Gasteiger partial charge in [0.1, 0.15) is 12.4 Å². The highest BCUT2D eigenvalue weighted by Crippen LogP contribution is 2.36. The minimum atomic E-state index is 0.393. The number of likely N-dealkylation sites (tertiary alicyclic amines) is 1. The molecule has 31 heavy (non-hydrogen) atoms. The zero-order valence-electron chi connectivity index (χ0n) is 18.0. The third-order valence-corrected chi connectivity index (χ3v) is 8.37. The molecule has 1 fully saturated rings. The Bertz CT molecular complexity index is 1060. The van der Waals surface area contributed by atoms with Gasteiger partial charge in [-0.3, -0.25) is 0 Å². The fraction of sp³-hybridized carbons (Fsp3) is 0.391. The van der Waals surface area contributed by atoms with Crippen LogP contribution in [0.2, 0.25) is 0 Å². The van der Waals surface area contributed by atoms with Gasteiger partial charge in [-0.25, -0.2) is 9.97 Å². The zero-order valence-corrected chi connectivity index (χ0v) is 21.0. The molecular formula is C23H27IN4O2S. The van der Waals surface area contributed by atoms with Gasteiger partial charge in [0.05, 0.1) is 20.6 Å². The van der Waals surface area contributed by atoms with E-state index in [-0.39, 0.29) is 0 Å². The molecule has 0 atom stereocenters. The van der Waals surface area contributed by atoms with Crippen LogP contribution in [0.1, 0.15) is 34.9 Å². The molecule has 0 amide bonds. The van der Waals surface area contributed by atoms with Crippen LogP contribution in [0.15, 0.2) is 30.6 Å². The van der Waals surface area contributed by atoms with Crippen LogP contribution in [-0.4, -0.2) is 42.1 Å². The van der Waals surface area contributed by atoms with Crippen LogP contribution in [0.5, 0.6) is 11.5 Å². The maximum absolute atomic E-state index is 6.11. The quantitative estimate of drug-likeness (QED) is 0.431. The van der Waals surface area contributed by atoms with Crippen LogP contribution >= 0.6 is 33.9 Å². The molecule has 0 saturated carbocycles. The van der Waals surface area contributed by atoms with E-state index in [0.717, 1.165) is 56.8 Å². The number of hydrogen-bond donors (Lipinski definition) is 1. The van der Waals surface area contributed by atoms with Crippen LogP contribution in [0.25, 0.3) is 10.4 Å². The van der Waals surface area contributed by atoms with E-state index in [4.69, 9.17) is 20.2 Å². The van der Waals surface area contributed by atoms with Gasteiger partial charge in [-0.05, 0) is 85.8 Å². The number of nitrogen functional groups attached to an aromatic ring is 1. The minimum Gasteiger partial charge on any atom is -0.496 e. The first-order chi connectivity index (χ1) is 15.0. The van der Waals surface area contributed by atoms with Crippen LogP contribution in [0.4, 0.5) is 5.82 Å². The summed E-state index contributed by atoms with van der Waals surface area (Å²) < 4.78 is 12.6. The lowest BCUT2D eigenvalue weighted by atomic mass is 9.98. The number of hydrogen-bond acceptors (Lipinski definition) is 7. The number of anilines is 1. The van der Waals surface area contributed by atoms with Crippen LogP contribution < -0.4 is 15.2 Å². The summed E-state index contributed by atoms with van der Waals surface area (Å²) in [6.07, 6.45) is 6.08. The summed E-state index contributed by atoms with van der Waals surface area (Å²) >= 11 is 4.05. The van der Waals surface area contributed by atoms with Crippen molar-refractivity contribution in [1.82, 2.24) is 14.9 Å². The van der Waals surface area contributed by atoms with Gasteiger partial charge in [-0.15, -0.1) is 11.3 Å². The molecule has 2 aromatic heterocycles. The molecule has 0 radical (unpaired) electrons. The maximum atomic E-state index is 6.11. The zero-order chi connectivity index (χ0) is 22.0. The van der Waals surface area contributed by atoms with Crippen molar-refractivity contribution in [3.05, 3.63) is 50.3 Å². The van der Waals surface area contributed by atoms with Crippen molar-refractivity contribution < 1.29 is 9.47 Å². The second-order valence-electron chi connectivity index (χ2n) is 7.90. The molecule has 2 N–H and O–H groups in total. The van der Waals surface area contributed by atoms with Crippen molar-refractivity contribution >= 4 is 39.7 Å². The van der Waals surface area contributed by atoms with E-state index >= 15 is 0 Å². The van der Waals surface area contributed by atoms with Crippen molar-refractivity contribution in [3.63, 3.8) is 0 Å². The Morgan fingerprint density at radius 3 is 2.71 bits per heavy atom. The Morgan fingerprint density at radius 2 is 1.97 bits per heavy atom. The molecule has 3 heterocycles. The van der Waals surface area contributed by atoms with Crippen LogP contribution in [-0.2, 0) is 6.61 Å². The summed E-state index contributed by atoms with van der Waals surface area (Å²) in [7, 11) is 3.86. The maximum Gasteiger partial charge on any atom is 0.166 e. The topological polar surface area (TPSA) is 73.5 Å². The molecular weight excluding hydrogens is 523 g/mol. The molecule has 0 unspecified atom stereocenters. The molecule has 164 valence electrons. The number of rotatable bonds is 6. The first kappa shape index (κ1) is 22.3. The van der Waals surface area contributed by atoms with E-state index in [0.29, 0.717) is 24.1 Å². The Hall–Kier alpha value is -1.91. The first-order valence-corrected chi connectivity index (χ1v) is 12.2. The number of thiazole rings is 1. The standard InChI is InChI=1S/C23H27IN4O2S/c1-14-16(4-5-18(29-3)21(14)24)13-30-19-10-17(11-26-22(19)25)20-12-27-23(31-20)15-6-8-28(2)9-7-15/h4-5,10-12,15H,6-9,13H2,1-3H3,(H2,25,26). The fourth-order valence-electron chi connectivity index (χ4n) is 3.74. The average Bonchev–Trinajstić information content (AvgIpc) is 3.26. The van der Waals surface area contributed by atoms with E-state index < -0.39 is 0 Å². The lowest BCUT2D eigenvalue weighted by molar-refractivity contribution is 0.255. The number of pyridine rings is 1. The molecule has 0 bridgehead atoms. The number of methoxy groups -OCH3 is 1. The molecule has 1 aromatic carbocycles. The van der Waals surface area contributed by atoms with Crippen LogP contribution in [0.3, 0.4) is 0 Å². The molecule has 6 nitrogen and oxygen atoms in total. The predicted molar refractivity (Wildman–Crippen MR) is 134 cm³/mol. The van der Waals surface area contributed by atoms with Gasteiger partial charge in [0.25, 0.3) is 0 Å². The number of halogens is 1. The van der Waals surface area contributed by atoms with Gasteiger partial charge in [0, 0.05) is 23.9 Å². The average molecular weight is 550 g/mol. The lowest BCUT2D eigenvalue weighted by Crippen LogP contribution is -2.29. The van der Waals surface area contributed by atoms with E-state index in [1.54, 1.807) is 24.6 Å². The number of piperidine rings is 1. The normalized spacial score (nSPS) is 15.2. The van der Waals surface area contributed by atoms with Gasteiger partial charge in [-0.1, -0.05) is 6.07 Å². The first-order valence-electron chi connectivity index (χ1n) is 10.3. The number of benzene rings is 1. The molecule has 1 aliphatic rings. The number of ether oxygens (including phenoxy) is 2. The van der Waals surface area contributed by atoms with Crippen molar-refractivity contribution in [1.29, 1.82) is 0 Å². The molecule has 0 aliphatic carbocycles. The molecule has 0 spiro atoms. The van der Waals surface area contributed by atoms with E-state index in [1.807, 2.05) is 24.4 Å². The summed E-state index contributed by atoms with van der Waals surface area (Å²) in [5, 5.41) is 1.21. The summed E-state index contributed by atoms with van der Waals surface area (Å²) in [5.74, 6) is 2.41. The highest BCUT2D eigenvalue weighted by atomic mass is 127. The van der Waals surface area contributed by atoms with Crippen molar-refractivity contribution in [2.24, 2.45) is 0 Å². The van der Waals surface area contributed by atoms with Gasteiger partial charge in [-0.2, -0.15) is 0 Å². The molecule has 1 saturated heterocycles. The van der Waals surface area contributed by atoms with Gasteiger partial charge in [0.2, 0.25) is 0 Å². The summed E-state index contributed by atoms with van der Waals surface area (Å²) in [4.78, 5) is 12.6. The molecule has 3 aromatic rings. The third kappa shape index (κ3) is 4.96. The van der Waals surface area contributed by atoms with Crippen molar-refractivity contribution in [3.8, 4) is 21.9 Å². The van der Waals surface area contributed by atoms with Gasteiger partial charge >= 0.3 is 0 Å². The van der Waals surface area contributed by atoms with Gasteiger partial charge in [0.15, 0.2) is 11.6 Å². The van der Waals surface area contributed by atoms with E-state index in [1.165, 1.54) is 5.01 Å². The molecule has 4 rings (SSSR count). The fourth-order valence-corrected chi connectivity index (χ4v) is 5.55. The van der Waals surface area contributed by atoms with E-state index in [9.17, 15) is 0 Å². The summed E-state index contributed by atoms with van der Waals surface area (Å²) in [6.45, 7) is 4.75. The molecule has 1 aliphatic heterocycles. The van der Waals surface area contributed by atoms with Gasteiger partial charge < -0.3 is 20.1 Å². The lowest BCUT2D eigenvalue weighted by Gasteiger charge is -2.27. The Morgan fingerprint density at radius 1 is 1.19 bits per heavy atom. The SMILES string of the molecule is COc1ccc(COc2cc(-c3cnc(C4CCN(C)CC4)s3)cnc2N)c(C)c1I. The van der Waals surface area contributed by atoms with Crippen molar-refractivity contribution in [2.75, 3.05) is 33.0 Å². The Labute approximate surface area is 200 Å². The summed E-state index contributed by atoms with van der Waals surface area (Å²) in [5.41, 5.74) is 9.33. The van der Waals surface area contributed by atoms with Crippen molar-refractivity contribution in [2.45, 2.75) is 32.3 Å². The predicted octanol–water partition coefficient (Wildman–Crippen LogP) is 5.10. The minimum absolute atomic E-state index is 0.393. The number of aromatic nitrogens is 2. The summed E-state index contributed by atoms with van der Waals surface area (Å²) in [6, 6.07) is 5.96. The monoisotopic (exact) mass is 550 g/mol. The Kier molecular flexibility index (Phi) is 6.98. The highest BCUT2D eigenvalue weighted by Gasteiger charge is 2.21. The Balaban J connectivity index is 1.50. The second-order valence-corrected chi connectivity index (χ2v) is 10.0. The van der Waals surface area contributed by atoms with Crippen LogP contribution in [0, 0.1) is 10.5 Å². The number of nitrogens with zero attached hydrogens (tertiary/aromatic N) is 3. The number of nitrogens with two attached hydrogens (primary N) is 1. The second kappa shape index (κ2) is 9.70. The largest absolute Gasteiger partial charge is 0.496 e. The highest BCUT2D eigenvalue weighted by molar-refractivity contribution is 14.1. The smallest absolute Gasteiger partial charge is 0.166 e. The molecule has 8 heteroatoms. The third-order valence-electron chi connectivity index (χ3n) is 5.82.